The average Bonchev–Trinajstić information content (AvgIpc) is 2.58. The fourth-order valence-corrected chi connectivity index (χ4v) is 2.61. The van der Waals surface area contributed by atoms with Gasteiger partial charge in [-0.25, -0.2) is 0 Å². The Labute approximate surface area is 157 Å². The summed E-state index contributed by atoms with van der Waals surface area (Å²) >= 11 is 0. The van der Waals surface area contributed by atoms with Crippen molar-refractivity contribution in [2.75, 3.05) is 38.0 Å². The second-order valence-electron chi connectivity index (χ2n) is 7.09. The van der Waals surface area contributed by atoms with E-state index >= 15 is 0 Å². The highest BCUT2D eigenvalue weighted by Crippen LogP contribution is 2.26. The first-order valence-electron chi connectivity index (χ1n) is 9.10. The zero-order valence-electron chi connectivity index (χ0n) is 17.1. The molecule has 6 heteroatoms. The van der Waals surface area contributed by atoms with Gasteiger partial charge < -0.3 is 19.9 Å². The molecular weight excluding hydrogens is 330 g/mol. The summed E-state index contributed by atoms with van der Waals surface area (Å²) < 4.78 is 5.04. The molecule has 0 saturated carbocycles. The maximum Gasteiger partial charge on any atom is 0.249 e. The van der Waals surface area contributed by atoms with Gasteiger partial charge in [-0.05, 0) is 37.1 Å². The Morgan fingerprint density at radius 2 is 1.85 bits per heavy atom. The van der Waals surface area contributed by atoms with E-state index in [0.29, 0.717) is 6.54 Å². The molecule has 0 aromatic heterocycles. The summed E-state index contributed by atoms with van der Waals surface area (Å²) in [5.74, 6) is -0.155. The highest BCUT2D eigenvalue weighted by Gasteiger charge is 2.21. The van der Waals surface area contributed by atoms with Crippen LogP contribution in [0, 0.1) is 5.92 Å². The van der Waals surface area contributed by atoms with E-state index in [1.807, 2.05) is 62.9 Å². The molecule has 0 heterocycles. The average molecular weight is 364 g/mol. The second kappa shape index (κ2) is 10.2. The van der Waals surface area contributed by atoms with E-state index in [1.54, 1.807) is 0 Å². The molecule has 0 saturated heterocycles. The lowest BCUT2D eigenvalue weighted by Gasteiger charge is -2.30. The third-order valence-corrected chi connectivity index (χ3v) is 4.40. The van der Waals surface area contributed by atoms with Crippen molar-refractivity contribution in [2.24, 2.45) is 5.92 Å². The monoisotopic (exact) mass is 363 g/mol. The van der Waals surface area contributed by atoms with E-state index in [4.69, 9.17) is 4.74 Å². The molecule has 1 rings (SSSR count). The predicted molar refractivity (Wildman–Crippen MR) is 106 cm³/mol. The maximum absolute atomic E-state index is 12.5. The zero-order valence-corrected chi connectivity index (χ0v) is 17.1. The number of methoxy groups -OCH3 is 1. The van der Waals surface area contributed by atoms with Gasteiger partial charge in [0.15, 0.2) is 0 Å². The van der Waals surface area contributed by atoms with Gasteiger partial charge in [-0.15, -0.1) is 0 Å². The number of amides is 2. The molecule has 0 radical (unpaired) electrons. The molecular formula is C20H33N3O3. The molecule has 146 valence electrons. The van der Waals surface area contributed by atoms with Crippen LogP contribution in [0.4, 0.5) is 11.4 Å². The topological polar surface area (TPSA) is 61.9 Å². The molecule has 0 aliphatic rings. The molecule has 0 fully saturated rings. The number of rotatable bonds is 9. The molecule has 0 aliphatic heterocycles. The number of carbonyl (C=O) groups excluding carboxylic acids is 2. The third kappa shape index (κ3) is 6.02. The predicted octanol–water partition coefficient (Wildman–Crippen LogP) is 3.12. The summed E-state index contributed by atoms with van der Waals surface area (Å²) in [6.45, 7) is 8.34. The SMILES string of the molecule is CC[C@@H](C)N(Cc1cc(NC(=O)C(C)C)ccc1N(C)C)C(=O)COC. The van der Waals surface area contributed by atoms with Crippen LogP contribution in [0.2, 0.25) is 0 Å². The molecule has 2 amide bonds. The third-order valence-electron chi connectivity index (χ3n) is 4.40. The first kappa shape index (κ1) is 22.0. The van der Waals surface area contributed by atoms with Crippen molar-refractivity contribution in [3.05, 3.63) is 23.8 Å². The minimum absolute atomic E-state index is 0.0252. The number of anilines is 2. The lowest BCUT2D eigenvalue weighted by atomic mass is 10.1. The number of ether oxygens (including phenoxy) is 1. The van der Waals surface area contributed by atoms with Crippen LogP contribution in [0.5, 0.6) is 0 Å². The Hall–Kier alpha value is -2.08. The van der Waals surface area contributed by atoms with E-state index in [9.17, 15) is 9.59 Å². The maximum atomic E-state index is 12.5. The number of hydrogen-bond donors (Lipinski definition) is 1. The zero-order chi connectivity index (χ0) is 19.9. The molecule has 1 atom stereocenters. The minimum Gasteiger partial charge on any atom is -0.377 e. The number of nitrogens with zero attached hydrogens (tertiary/aromatic N) is 2. The number of nitrogens with one attached hydrogen (secondary N) is 1. The van der Waals surface area contributed by atoms with Gasteiger partial charge in [0.2, 0.25) is 11.8 Å². The standard InChI is InChI=1S/C20H33N3O3/c1-8-15(4)23(19(24)13-26-7)12-16-11-17(21-20(25)14(2)3)9-10-18(16)22(5)6/h9-11,14-15H,8,12-13H2,1-7H3,(H,21,25)/t15-/m1/s1. The van der Waals surface area contributed by atoms with Crippen LogP contribution >= 0.6 is 0 Å². The summed E-state index contributed by atoms with van der Waals surface area (Å²) in [7, 11) is 5.46. The van der Waals surface area contributed by atoms with Crippen molar-refractivity contribution < 1.29 is 14.3 Å². The van der Waals surface area contributed by atoms with Gasteiger partial charge in [-0.2, -0.15) is 0 Å². The molecule has 26 heavy (non-hydrogen) atoms. The lowest BCUT2D eigenvalue weighted by molar-refractivity contribution is -0.138. The highest BCUT2D eigenvalue weighted by atomic mass is 16.5. The molecule has 6 nitrogen and oxygen atoms in total. The summed E-state index contributed by atoms with van der Waals surface area (Å²) in [5.41, 5.74) is 2.75. The number of carbonyl (C=O) groups is 2. The largest absolute Gasteiger partial charge is 0.377 e. The Morgan fingerprint density at radius 3 is 2.35 bits per heavy atom. The van der Waals surface area contributed by atoms with E-state index in [-0.39, 0.29) is 30.4 Å². The normalized spacial score (nSPS) is 12.0. The summed E-state index contributed by atoms with van der Waals surface area (Å²) in [6.07, 6.45) is 0.858. The van der Waals surface area contributed by atoms with Crippen LogP contribution in [0.3, 0.4) is 0 Å². The van der Waals surface area contributed by atoms with Crippen LogP contribution < -0.4 is 10.2 Å². The lowest BCUT2D eigenvalue weighted by Crippen LogP contribution is -2.40. The van der Waals surface area contributed by atoms with Crippen molar-refractivity contribution in [3.8, 4) is 0 Å². The minimum atomic E-state index is -0.0909. The molecule has 1 N–H and O–H groups in total. The van der Waals surface area contributed by atoms with Gasteiger partial charge in [0.25, 0.3) is 0 Å². The van der Waals surface area contributed by atoms with Crippen LogP contribution in [-0.4, -0.2) is 50.6 Å². The quantitative estimate of drug-likeness (QED) is 0.732. The first-order valence-corrected chi connectivity index (χ1v) is 9.10. The molecule has 1 aromatic carbocycles. The molecule has 0 unspecified atom stereocenters. The Bertz CT molecular complexity index is 614. The van der Waals surface area contributed by atoms with Crippen molar-refractivity contribution in [1.29, 1.82) is 0 Å². The summed E-state index contributed by atoms with van der Waals surface area (Å²) in [5, 5.41) is 2.93. The van der Waals surface area contributed by atoms with Gasteiger partial charge in [0.1, 0.15) is 6.61 Å². The van der Waals surface area contributed by atoms with E-state index in [2.05, 4.69) is 12.2 Å². The number of benzene rings is 1. The molecule has 1 aromatic rings. The first-order chi connectivity index (χ1) is 12.2. The summed E-state index contributed by atoms with van der Waals surface area (Å²) in [6, 6.07) is 5.91. The second-order valence-corrected chi connectivity index (χ2v) is 7.09. The van der Waals surface area contributed by atoms with Crippen LogP contribution in [0.25, 0.3) is 0 Å². The Morgan fingerprint density at radius 1 is 1.19 bits per heavy atom. The Kier molecular flexibility index (Phi) is 8.58. The van der Waals surface area contributed by atoms with Crippen LogP contribution in [-0.2, 0) is 20.9 Å². The van der Waals surface area contributed by atoms with Crippen LogP contribution in [0.1, 0.15) is 39.7 Å². The van der Waals surface area contributed by atoms with Crippen molar-refractivity contribution in [2.45, 2.75) is 46.7 Å². The highest BCUT2D eigenvalue weighted by molar-refractivity contribution is 5.92. The molecule has 0 spiro atoms. The van der Waals surface area contributed by atoms with E-state index in [0.717, 1.165) is 23.4 Å². The van der Waals surface area contributed by atoms with Gasteiger partial charge in [0.05, 0.1) is 0 Å². The van der Waals surface area contributed by atoms with Gasteiger partial charge in [-0.3, -0.25) is 9.59 Å². The fourth-order valence-electron chi connectivity index (χ4n) is 2.61. The smallest absolute Gasteiger partial charge is 0.249 e. The van der Waals surface area contributed by atoms with E-state index in [1.165, 1.54) is 7.11 Å². The fraction of sp³-hybridized carbons (Fsp3) is 0.600. The van der Waals surface area contributed by atoms with Crippen molar-refractivity contribution in [1.82, 2.24) is 4.90 Å². The molecule has 0 bridgehead atoms. The van der Waals surface area contributed by atoms with E-state index < -0.39 is 0 Å². The van der Waals surface area contributed by atoms with Gasteiger partial charge in [0, 0.05) is 51.1 Å². The van der Waals surface area contributed by atoms with Gasteiger partial charge >= 0.3 is 0 Å². The van der Waals surface area contributed by atoms with Crippen LogP contribution in [0.15, 0.2) is 18.2 Å². The van der Waals surface area contributed by atoms with Gasteiger partial charge in [-0.1, -0.05) is 20.8 Å². The van der Waals surface area contributed by atoms with Crippen molar-refractivity contribution >= 4 is 23.2 Å². The summed E-state index contributed by atoms with van der Waals surface area (Å²) in [4.78, 5) is 28.4. The number of hydrogen-bond acceptors (Lipinski definition) is 4. The molecule has 0 aliphatic carbocycles. The Balaban J connectivity index is 3.19. The van der Waals surface area contributed by atoms with Crippen molar-refractivity contribution in [3.63, 3.8) is 0 Å².